The topological polar surface area (TPSA) is 55.7 Å². The number of hydrogen-bond donors (Lipinski definition) is 0. The molecule has 3 heterocycles. The summed E-state index contributed by atoms with van der Waals surface area (Å²) in [6.07, 6.45) is 6.87. The van der Waals surface area contributed by atoms with Crippen LogP contribution in [0.2, 0.25) is 0 Å². The van der Waals surface area contributed by atoms with E-state index in [1.807, 2.05) is 42.5 Å². The van der Waals surface area contributed by atoms with Crippen LogP contribution in [0.4, 0.5) is 0 Å². The van der Waals surface area contributed by atoms with E-state index in [0.717, 1.165) is 27.4 Å². The second-order valence-electron chi connectivity index (χ2n) is 5.56. The third-order valence-electron chi connectivity index (χ3n) is 3.82. The van der Waals surface area contributed by atoms with Crippen molar-refractivity contribution in [1.82, 2.24) is 9.55 Å². The fraction of sp³-hybridized carbons (Fsp3) is 0.0500. The maximum atomic E-state index is 5.52. The zero-order chi connectivity index (χ0) is 17.6. The lowest BCUT2D eigenvalue weighted by Crippen LogP contribution is -2.16. The molecule has 0 saturated heterocycles. The second kappa shape index (κ2) is 7.76. The molecule has 4 rings (SSSR count). The van der Waals surface area contributed by atoms with Crippen LogP contribution in [0.3, 0.4) is 0 Å². The van der Waals surface area contributed by atoms with Crippen molar-refractivity contribution in [2.24, 2.45) is 10.2 Å². The number of thiazole rings is 1. The van der Waals surface area contributed by atoms with E-state index in [9.17, 15) is 0 Å². The fourth-order valence-corrected chi connectivity index (χ4v) is 3.42. The minimum Gasteiger partial charge on any atom is -0.467 e. The van der Waals surface area contributed by atoms with E-state index in [1.165, 1.54) is 0 Å². The Hall–Kier alpha value is -3.25. The van der Waals surface area contributed by atoms with Gasteiger partial charge in [0.1, 0.15) is 5.76 Å². The van der Waals surface area contributed by atoms with E-state index in [-0.39, 0.29) is 0 Å². The maximum Gasteiger partial charge on any atom is 0.211 e. The van der Waals surface area contributed by atoms with E-state index in [0.29, 0.717) is 6.54 Å². The number of pyridine rings is 1. The summed E-state index contributed by atoms with van der Waals surface area (Å²) >= 11 is 1.56. The Morgan fingerprint density at radius 2 is 1.88 bits per heavy atom. The minimum atomic E-state index is 0.602. The highest BCUT2D eigenvalue weighted by Gasteiger charge is 2.09. The van der Waals surface area contributed by atoms with E-state index in [1.54, 1.807) is 36.2 Å². The van der Waals surface area contributed by atoms with Gasteiger partial charge in [-0.1, -0.05) is 30.3 Å². The molecule has 0 saturated carbocycles. The summed E-state index contributed by atoms with van der Waals surface area (Å²) in [7, 11) is 0. The molecule has 0 aliphatic rings. The minimum absolute atomic E-state index is 0.602. The van der Waals surface area contributed by atoms with Crippen molar-refractivity contribution in [2.45, 2.75) is 6.54 Å². The van der Waals surface area contributed by atoms with E-state index < -0.39 is 0 Å². The van der Waals surface area contributed by atoms with Crippen LogP contribution in [0, 0.1) is 0 Å². The Morgan fingerprint density at radius 3 is 2.65 bits per heavy atom. The summed E-state index contributed by atoms with van der Waals surface area (Å²) in [5, 5.41) is 10.8. The summed E-state index contributed by atoms with van der Waals surface area (Å²) < 4.78 is 7.64. The van der Waals surface area contributed by atoms with Crippen LogP contribution < -0.4 is 4.80 Å². The first-order valence-electron chi connectivity index (χ1n) is 8.13. The van der Waals surface area contributed by atoms with Crippen LogP contribution in [0.5, 0.6) is 0 Å². The van der Waals surface area contributed by atoms with Crippen molar-refractivity contribution in [2.75, 3.05) is 0 Å². The van der Waals surface area contributed by atoms with Gasteiger partial charge in [0.15, 0.2) is 0 Å². The van der Waals surface area contributed by atoms with Crippen molar-refractivity contribution in [3.05, 3.63) is 94.8 Å². The molecule has 128 valence electrons. The van der Waals surface area contributed by atoms with E-state index in [4.69, 9.17) is 4.42 Å². The van der Waals surface area contributed by atoms with Gasteiger partial charge in [0, 0.05) is 17.8 Å². The van der Waals surface area contributed by atoms with Gasteiger partial charge in [-0.05, 0) is 35.4 Å². The Labute approximate surface area is 154 Å². The SMILES string of the molecule is C(=N/N=c1/scc(-c2ccccc2)n1Cc1ccco1)/c1ccncc1. The van der Waals surface area contributed by atoms with Gasteiger partial charge in [-0.15, -0.1) is 16.4 Å². The molecule has 26 heavy (non-hydrogen) atoms. The molecule has 0 atom stereocenters. The smallest absolute Gasteiger partial charge is 0.211 e. The lowest BCUT2D eigenvalue weighted by Gasteiger charge is -2.07. The highest BCUT2D eigenvalue weighted by atomic mass is 32.1. The van der Waals surface area contributed by atoms with Gasteiger partial charge in [-0.2, -0.15) is 5.10 Å². The van der Waals surface area contributed by atoms with Crippen molar-refractivity contribution < 1.29 is 4.42 Å². The summed E-state index contributed by atoms with van der Waals surface area (Å²) in [5.74, 6) is 0.875. The number of furan rings is 1. The van der Waals surface area contributed by atoms with Crippen molar-refractivity contribution in [1.29, 1.82) is 0 Å². The molecule has 5 nitrogen and oxygen atoms in total. The van der Waals surface area contributed by atoms with Gasteiger partial charge in [-0.25, -0.2) is 0 Å². The van der Waals surface area contributed by atoms with Crippen molar-refractivity contribution in [3.8, 4) is 11.3 Å². The molecule has 0 bridgehead atoms. The first-order chi connectivity index (χ1) is 12.9. The number of hydrogen-bond acceptors (Lipinski definition) is 5. The van der Waals surface area contributed by atoms with Crippen molar-refractivity contribution >= 4 is 17.6 Å². The second-order valence-corrected chi connectivity index (χ2v) is 6.40. The third-order valence-corrected chi connectivity index (χ3v) is 4.67. The van der Waals surface area contributed by atoms with Gasteiger partial charge < -0.3 is 8.98 Å². The van der Waals surface area contributed by atoms with Gasteiger partial charge >= 0.3 is 0 Å². The van der Waals surface area contributed by atoms with Crippen LogP contribution in [0.15, 0.2) is 93.3 Å². The fourth-order valence-electron chi connectivity index (χ4n) is 2.55. The number of nitrogens with zero attached hydrogens (tertiary/aromatic N) is 4. The van der Waals surface area contributed by atoms with Crippen LogP contribution in [-0.4, -0.2) is 15.8 Å². The summed E-state index contributed by atoms with van der Waals surface area (Å²) in [6.45, 7) is 0.602. The third kappa shape index (κ3) is 3.70. The lowest BCUT2D eigenvalue weighted by molar-refractivity contribution is 0.491. The molecule has 4 aromatic rings. The molecule has 0 unspecified atom stereocenters. The normalized spacial score (nSPS) is 12.1. The highest BCUT2D eigenvalue weighted by Crippen LogP contribution is 2.20. The van der Waals surface area contributed by atoms with E-state index in [2.05, 4.69) is 37.3 Å². The Morgan fingerprint density at radius 1 is 1.04 bits per heavy atom. The van der Waals surface area contributed by atoms with Crippen LogP contribution in [0.25, 0.3) is 11.3 Å². The monoisotopic (exact) mass is 360 g/mol. The van der Waals surface area contributed by atoms with E-state index >= 15 is 0 Å². The molecule has 0 radical (unpaired) electrons. The highest BCUT2D eigenvalue weighted by molar-refractivity contribution is 7.07. The largest absolute Gasteiger partial charge is 0.467 e. The molecule has 1 aromatic carbocycles. The summed E-state index contributed by atoms with van der Waals surface area (Å²) in [5.41, 5.74) is 3.18. The lowest BCUT2D eigenvalue weighted by atomic mass is 10.2. The van der Waals surface area contributed by atoms with Crippen LogP contribution in [-0.2, 0) is 6.54 Å². The standard InChI is InChI=1S/C20H16N4OS/c1-2-5-17(6-3-1)19-15-26-20(24(19)14-18-7-4-12-25-18)23-22-13-16-8-10-21-11-9-16/h1-13,15H,14H2/b22-13-,23-20+. The van der Waals surface area contributed by atoms with Gasteiger partial charge in [0.2, 0.25) is 4.80 Å². The maximum absolute atomic E-state index is 5.52. The Balaban J connectivity index is 1.73. The molecular formula is C20H16N4OS. The van der Waals surface area contributed by atoms with Crippen molar-refractivity contribution in [3.63, 3.8) is 0 Å². The molecule has 0 fully saturated rings. The molecule has 0 N–H and O–H groups in total. The Bertz CT molecular complexity index is 1050. The number of rotatable bonds is 5. The Kier molecular flexibility index (Phi) is 4.84. The number of benzene rings is 1. The quantitative estimate of drug-likeness (QED) is 0.396. The molecule has 6 heteroatoms. The summed E-state index contributed by atoms with van der Waals surface area (Å²) in [4.78, 5) is 4.81. The van der Waals surface area contributed by atoms with Gasteiger partial charge in [0.25, 0.3) is 0 Å². The molecule has 3 aromatic heterocycles. The molecule has 0 amide bonds. The average Bonchev–Trinajstić information content (AvgIpc) is 3.34. The predicted molar refractivity (Wildman–Crippen MR) is 103 cm³/mol. The average molecular weight is 360 g/mol. The number of aromatic nitrogens is 2. The molecular weight excluding hydrogens is 344 g/mol. The molecule has 0 spiro atoms. The first-order valence-corrected chi connectivity index (χ1v) is 9.01. The molecule has 0 aliphatic heterocycles. The zero-order valence-electron chi connectivity index (χ0n) is 13.9. The van der Waals surface area contributed by atoms with Gasteiger partial charge in [-0.3, -0.25) is 4.98 Å². The first kappa shape index (κ1) is 16.2. The summed E-state index contributed by atoms with van der Waals surface area (Å²) in [6, 6.07) is 17.9. The van der Waals surface area contributed by atoms with Gasteiger partial charge in [0.05, 0.1) is 24.7 Å². The predicted octanol–water partition coefficient (Wildman–Crippen LogP) is 4.19. The van der Waals surface area contributed by atoms with Crippen LogP contribution in [0.1, 0.15) is 11.3 Å². The molecule has 0 aliphatic carbocycles. The zero-order valence-corrected chi connectivity index (χ0v) is 14.7. The van der Waals surface area contributed by atoms with Crippen LogP contribution >= 0.6 is 11.3 Å².